The van der Waals surface area contributed by atoms with Crippen LogP contribution in [0.4, 0.5) is 13.2 Å². The molecule has 3 aliphatic rings. The first kappa shape index (κ1) is 21.0. The van der Waals surface area contributed by atoms with E-state index in [0.717, 1.165) is 31.9 Å². The first-order valence-electron chi connectivity index (χ1n) is 10.3. The Kier molecular flexibility index (Phi) is 5.68. The fourth-order valence-corrected chi connectivity index (χ4v) is 4.46. The van der Waals surface area contributed by atoms with Crippen molar-refractivity contribution < 1.29 is 22.6 Å². The number of alkyl halides is 3. The van der Waals surface area contributed by atoms with Crippen molar-refractivity contribution in [2.75, 3.05) is 20.2 Å². The zero-order valence-corrected chi connectivity index (χ0v) is 17.2. The number of nitrogens with one attached hydrogen (secondary N) is 2. The van der Waals surface area contributed by atoms with Crippen LogP contribution in [0.5, 0.6) is 0 Å². The molecule has 2 heterocycles. The standard InChI is InChI=1S/C23H27F3N2O2/c1-22(23(24,25)26)18-11-16(20(29-2)12-17(18)14-30-22)13-28-19-9-6-10-27-21(19)15-7-4-3-5-8-15/h3-5,7-8,11,14,19,21,27-28H,6,9-10,12-13H2,1-2H3/t19-,21-,22?/m0/s1. The average molecular weight is 420 g/mol. The van der Waals surface area contributed by atoms with Gasteiger partial charge in [0.15, 0.2) is 0 Å². The Morgan fingerprint density at radius 3 is 2.73 bits per heavy atom. The monoisotopic (exact) mass is 420 g/mol. The van der Waals surface area contributed by atoms with Crippen LogP contribution < -0.4 is 10.6 Å². The summed E-state index contributed by atoms with van der Waals surface area (Å²) in [4.78, 5) is 0. The third kappa shape index (κ3) is 3.76. The normalized spacial score (nSPS) is 29.1. The third-order valence-corrected chi connectivity index (χ3v) is 6.28. The lowest BCUT2D eigenvalue weighted by Crippen LogP contribution is -2.47. The number of piperidine rings is 1. The summed E-state index contributed by atoms with van der Waals surface area (Å²) in [6, 6.07) is 10.6. The first-order chi connectivity index (χ1) is 14.3. The van der Waals surface area contributed by atoms with Crippen LogP contribution in [0.2, 0.25) is 0 Å². The Bertz CT molecular complexity index is 876. The van der Waals surface area contributed by atoms with E-state index in [9.17, 15) is 13.2 Å². The van der Waals surface area contributed by atoms with Crippen molar-refractivity contribution in [2.45, 2.75) is 50.0 Å². The second kappa shape index (κ2) is 8.12. The Morgan fingerprint density at radius 1 is 1.27 bits per heavy atom. The topological polar surface area (TPSA) is 42.5 Å². The summed E-state index contributed by atoms with van der Waals surface area (Å²) in [7, 11) is 1.56. The molecular formula is C23H27F3N2O2. The minimum atomic E-state index is -4.49. The Balaban J connectivity index is 1.55. The molecule has 1 aromatic rings. The fraction of sp³-hybridized carbons (Fsp3) is 0.478. The quantitative estimate of drug-likeness (QED) is 0.734. The summed E-state index contributed by atoms with van der Waals surface area (Å²) in [5, 5.41) is 7.13. The lowest BCUT2D eigenvalue weighted by molar-refractivity contribution is -0.233. The van der Waals surface area contributed by atoms with Crippen molar-refractivity contribution in [1.82, 2.24) is 10.6 Å². The first-order valence-corrected chi connectivity index (χ1v) is 10.3. The van der Waals surface area contributed by atoms with Crippen LogP contribution in [-0.2, 0) is 9.47 Å². The second-order valence-electron chi connectivity index (χ2n) is 8.15. The van der Waals surface area contributed by atoms with Crippen molar-refractivity contribution in [3.8, 4) is 0 Å². The molecule has 30 heavy (non-hydrogen) atoms. The molecule has 0 spiro atoms. The zero-order valence-electron chi connectivity index (χ0n) is 17.2. The summed E-state index contributed by atoms with van der Waals surface area (Å²) in [6.07, 6.45) is 0.662. The summed E-state index contributed by atoms with van der Waals surface area (Å²) in [6.45, 7) is 2.47. The number of benzene rings is 1. The van der Waals surface area contributed by atoms with Crippen molar-refractivity contribution in [3.05, 3.63) is 70.7 Å². The van der Waals surface area contributed by atoms with E-state index in [4.69, 9.17) is 9.47 Å². The van der Waals surface area contributed by atoms with Gasteiger partial charge in [0, 0.05) is 41.8 Å². The predicted molar refractivity (Wildman–Crippen MR) is 109 cm³/mol. The number of ether oxygens (including phenoxy) is 2. The number of halogens is 3. The van der Waals surface area contributed by atoms with E-state index in [-0.39, 0.29) is 17.7 Å². The predicted octanol–water partition coefficient (Wildman–Crippen LogP) is 4.54. The Labute approximate surface area is 174 Å². The molecule has 0 radical (unpaired) electrons. The molecule has 1 aromatic carbocycles. The van der Waals surface area contributed by atoms with Crippen molar-refractivity contribution >= 4 is 0 Å². The van der Waals surface area contributed by atoms with E-state index in [1.807, 2.05) is 18.2 Å². The van der Waals surface area contributed by atoms with Crippen LogP contribution in [-0.4, -0.2) is 38.0 Å². The van der Waals surface area contributed by atoms with Gasteiger partial charge in [-0.2, -0.15) is 13.2 Å². The van der Waals surface area contributed by atoms with Crippen LogP contribution in [0.15, 0.2) is 65.1 Å². The average Bonchev–Trinajstić information content (AvgIpc) is 3.09. The molecule has 1 saturated heterocycles. The molecule has 1 fully saturated rings. The van der Waals surface area contributed by atoms with Gasteiger partial charge in [0.1, 0.15) is 5.76 Å². The molecule has 3 atom stereocenters. The number of rotatable bonds is 5. The molecule has 0 bridgehead atoms. The largest absolute Gasteiger partial charge is 0.500 e. The molecule has 0 aromatic heterocycles. The van der Waals surface area contributed by atoms with Crippen LogP contribution in [0.25, 0.3) is 0 Å². The van der Waals surface area contributed by atoms with E-state index in [1.165, 1.54) is 11.8 Å². The molecular weight excluding hydrogens is 393 g/mol. The lowest BCUT2D eigenvalue weighted by Gasteiger charge is -2.35. The highest BCUT2D eigenvalue weighted by atomic mass is 19.4. The highest BCUT2D eigenvalue weighted by Crippen LogP contribution is 2.49. The minimum Gasteiger partial charge on any atom is -0.500 e. The van der Waals surface area contributed by atoms with Crippen LogP contribution in [0.1, 0.15) is 37.8 Å². The molecule has 1 aliphatic carbocycles. The number of allylic oxidation sites excluding steroid dienone is 1. The summed E-state index contributed by atoms with van der Waals surface area (Å²) in [5.74, 6) is 0.674. The van der Waals surface area contributed by atoms with E-state index in [0.29, 0.717) is 24.3 Å². The number of methoxy groups -OCH3 is 1. The van der Waals surface area contributed by atoms with Gasteiger partial charge in [-0.05, 0) is 37.9 Å². The molecule has 162 valence electrons. The van der Waals surface area contributed by atoms with Crippen molar-refractivity contribution in [2.24, 2.45) is 0 Å². The second-order valence-corrected chi connectivity index (χ2v) is 8.15. The Hall–Kier alpha value is -2.25. The summed E-state index contributed by atoms with van der Waals surface area (Å²) >= 11 is 0. The summed E-state index contributed by atoms with van der Waals surface area (Å²) in [5.41, 5.74) is 0.330. The van der Waals surface area contributed by atoms with Gasteiger partial charge < -0.3 is 20.1 Å². The van der Waals surface area contributed by atoms with E-state index >= 15 is 0 Å². The maximum atomic E-state index is 13.7. The molecule has 0 amide bonds. The van der Waals surface area contributed by atoms with Gasteiger partial charge in [-0.1, -0.05) is 30.3 Å². The Morgan fingerprint density at radius 2 is 2.03 bits per heavy atom. The van der Waals surface area contributed by atoms with Crippen molar-refractivity contribution in [1.29, 1.82) is 0 Å². The third-order valence-electron chi connectivity index (χ3n) is 6.28. The molecule has 2 N–H and O–H groups in total. The number of hydrogen-bond acceptors (Lipinski definition) is 4. The maximum absolute atomic E-state index is 13.7. The summed E-state index contributed by atoms with van der Waals surface area (Å²) < 4.78 is 51.6. The number of hydrogen-bond donors (Lipinski definition) is 2. The minimum absolute atomic E-state index is 0.161. The van der Waals surface area contributed by atoms with Gasteiger partial charge >= 0.3 is 6.18 Å². The highest BCUT2D eigenvalue weighted by molar-refractivity contribution is 5.53. The van der Waals surface area contributed by atoms with Gasteiger partial charge in [-0.25, -0.2) is 0 Å². The number of fused-ring (bicyclic) bond motifs is 1. The van der Waals surface area contributed by atoms with Crippen LogP contribution in [0, 0.1) is 0 Å². The molecule has 0 saturated carbocycles. The van der Waals surface area contributed by atoms with E-state index in [2.05, 4.69) is 22.8 Å². The van der Waals surface area contributed by atoms with Crippen LogP contribution >= 0.6 is 0 Å². The molecule has 4 rings (SSSR count). The lowest BCUT2D eigenvalue weighted by atomic mass is 9.84. The van der Waals surface area contributed by atoms with Gasteiger partial charge in [0.05, 0.1) is 13.4 Å². The van der Waals surface area contributed by atoms with Gasteiger partial charge in [0.2, 0.25) is 5.60 Å². The zero-order chi connectivity index (χ0) is 21.4. The molecule has 4 nitrogen and oxygen atoms in total. The highest BCUT2D eigenvalue weighted by Gasteiger charge is 2.59. The van der Waals surface area contributed by atoms with Gasteiger partial charge in [0.25, 0.3) is 0 Å². The molecule has 1 unspecified atom stereocenters. The van der Waals surface area contributed by atoms with E-state index < -0.39 is 11.8 Å². The molecule has 7 heteroatoms. The smallest absolute Gasteiger partial charge is 0.432 e. The maximum Gasteiger partial charge on any atom is 0.432 e. The van der Waals surface area contributed by atoms with Gasteiger partial charge in [-0.3, -0.25) is 0 Å². The van der Waals surface area contributed by atoms with E-state index in [1.54, 1.807) is 13.2 Å². The van der Waals surface area contributed by atoms with Crippen LogP contribution in [0.3, 0.4) is 0 Å². The van der Waals surface area contributed by atoms with Crippen molar-refractivity contribution in [3.63, 3.8) is 0 Å². The van der Waals surface area contributed by atoms with Gasteiger partial charge in [-0.15, -0.1) is 0 Å². The molecule has 2 aliphatic heterocycles. The SMILES string of the molecule is COC1=C(CN[C@H]2CCCN[C@H]2c2ccccc2)C=C2C(=COC2(C)C(F)(F)F)C1. The fourth-order valence-electron chi connectivity index (χ4n) is 4.46.